The van der Waals surface area contributed by atoms with Crippen molar-refractivity contribution >= 4 is 5.91 Å². The second-order valence-electron chi connectivity index (χ2n) is 8.71. The van der Waals surface area contributed by atoms with Crippen molar-refractivity contribution in [3.63, 3.8) is 0 Å². The normalized spacial score (nSPS) is 25.8. The SMILES string of the molecule is Cc1ccc(O[C@@H]2C[C@@H]3CN(C(=O)c4ccc(C)n(C)c4=O)C[C@@H]3C[C@H]2O)c(C)n1. The Morgan fingerprint density at radius 2 is 1.80 bits per heavy atom. The van der Waals surface area contributed by atoms with Gasteiger partial charge in [-0.3, -0.25) is 14.6 Å². The maximum absolute atomic E-state index is 13.0. The van der Waals surface area contributed by atoms with Gasteiger partial charge in [-0.25, -0.2) is 0 Å². The van der Waals surface area contributed by atoms with Crippen LogP contribution in [0.5, 0.6) is 5.75 Å². The second kappa shape index (κ2) is 7.87. The number of ether oxygens (including phenoxy) is 1. The molecule has 0 unspecified atom stereocenters. The van der Waals surface area contributed by atoms with E-state index < -0.39 is 6.10 Å². The summed E-state index contributed by atoms with van der Waals surface area (Å²) in [6.07, 6.45) is 0.351. The van der Waals surface area contributed by atoms with E-state index in [0.29, 0.717) is 31.7 Å². The van der Waals surface area contributed by atoms with Crippen LogP contribution >= 0.6 is 0 Å². The third-order valence-electron chi connectivity index (χ3n) is 6.61. The maximum atomic E-state index is 13.0. The molecular weight excluding hydrogens is 382 g/mol. The lowest BCUT2D eigenvalue weighted by Gasteiger charge is -2.35. The van der Waals surface area contributed by atoms with E-state index in [-0.39, 0.29) is 35.0 Å². The van der Waals surface area contributed by atoms with Crippen LogP contribution in [0.3, 0.4) is 0 Å². The summed E-state index contributed by atoms with van der Waals surface area (Å²) < 4.78 is 7.62. The molecule has 2 aromatic rings. The summed E-state index contributed by atoms with van der Waals surface area (Å²) in [4.78, 5) is 31.7. The third-order valence-corrected chi connectivity index (χ3v) is 6.61. The van der Waals surface area contributed by atoms with Gasteiger partial charge in [0.2, 0.25) is 0 Å². The minimum Gasteiger partial charge on any atom is -0.486 e. The van der Waals surface area contributed by atoms with Crippen LogP contribution in [0, 0.1) is 32.6 Å². The van der Waals surface area contributed by atoms with Gasteiger partial charge in [0.15, 0.2) is 0 Å². The number of aryl methyl sites for hydroxylation is 3. The Balaban J connectivity index is 1.47. The lowest BCUT2D eigenvalue weighted by Crippen LogP contribution is -2.42. The summed E-state index contributed by atoms with van der Waals surface area (Å²) in [5, 5.41) is 10.7. The van der Waals surface area contributed by atoms with E-state index in [0.717, 1.165) is 17.1 Å². The summed E-state index contributed by atoms with van der Waals surface area (Å²) in [6.45, 7) is 6.82. The molecule has 2 fully saturated rings. The summed E-state index contributed by atoms with van der Waals surface area (Å²) in [6, 6.07) is 7.21. The average molecular weight is 412 g/mol. The van der Waals surface area contributed by atoms with Crippen molar-refractivity contribution in [1.29, 1.82) is 0 Å². The highest BCUT2D eigenvalue weighted by atomic mass is 16.5. The first-order valence-electron chi connectivity index (χ1n) is 10.5. The van der Waals surface area contributed by atoms with E-state index >= 15 is 0 Å². The lowest BCUT2D eigenvalue weighted by atomic mass is 9.78. The number of aliphatic hydroxyl groups excluding tert-OH is 1. The van der Waals surface area contributed by atoms with Crippen LogP contribution in [-0.2, 0) is 7.05 Å². The molecule has 1 aliphatic carbocycles. The number of fused-ring (bicyclic) bond motifs is 1. The fourth-order valence-electron chi connectivity index (χ4n) is 4.71. The smallest absolute Gasteiger partial charge is 0.263 e. The lowest BCUT2D eigenvalue weighted by molar-refractivity contribution is -0.0236. The van der Waals surface area contributed by atoms with Crippen LogP contribution in [0.25, 0.3) is 0 Å². The molecule has 0 spiro atoms. The summed E-state index contributed by atoms with van der Waals surface area (Å²) in [5.41, 5.74) is 2.49. The van der Waals surface area contributed by atoms with Crippen molar-refractivity contribution in [1.82, 2.24) is 14.5 Å². The minimum atomic E-state index is -0.589. The predicted molar refractivity (Wildman–Crippen MR) is 113 cm³/mol. The van der Waals surface area contributed by atoms with Crippen molar-refractivity contribution in [2.24, 2.45) is 18.9 Å². The second-order valence-corrected chi connectivity index (χ2v) is 8.71. The van der Waals surface area contributed by atoms with Gasteiger partial charge < -0.3 is 19.3 Å². The Labute approximate surface area is 176 Å². The van der Waals surface area contributed by atoms with E-state index in [1.165, 1.54) is 4.57 Å². The highest BCUT2D eigenvalue weighted by Crippen LogP contribution is 2.38. The molecule has 1 N–H and O–H groups in total. The molecule has 0 radical (unpaired) electrons. The number of hydrogen-bond acceptors (Lipinski definition) is 5. The molecule has 30 heavy (non-hydrogen) atoms. The number of carbonyl (C=O) groups is 1. The number of pyridine rings is 2. The summed E-state index contributed by atoms with van der Waals surface area (Å²) >= 11 is 0. The molecule has 1 aliphatic heterocycles. The number of aliphatic hydroxyl groups is 1. The predicted octanol–water partition coefficient (Wildman–Crippen LogP) is 2.00. The van der Waals surface area contributed by atoms with E-state index in [2.05, 4.69) is 4.98 Å². The largest absolute Gasteiger partial charge is 0.486 e. The van der Waals surface area contributed by atoms with Crippen molar-refractivity contribution in [2.75, 3.05) is 13.1 Å². The van der Waals surface area contributed by atoms with Gasteiger partial charge in [-0.15, -0.1) is 0 Å². The molecule has 0 aromatic carbocycles. The van der Waals surface area contributed by atoms with Gasteiger partial charge in [-0.1, -0.05) is 0 Å². The van der Waals surface area contributed by atoms with Crippen LogP contribution in [0.1, 0.15) is 40.3 Å². The van der Waals surface area contributed by atoms with Gasteiger partial charge in [-0.05, 0) is 69.7 Å². The molecule has 4 atom stereocenters. The fourth-order valence-corrected chi connectivity index (χ4v) is 4.71. The Kier molecular flexibility index (Phi) is 5.40. The highest BCUT2D eigenvalue weighted by Gasteiger charge is 2.44. The van der Waals surface area contributed by atoms with Crippen LogP contribution < -0.4 is 10.3 Å². The molecule has 160 valence electrons. The number of amides is 1. The van der Waals surface area contributed by atoms with Gasteiger partial charge in [0.25, 0.3) is 11.5 Å². The Morgan fingerprint density at radius 3 is 2.50 bits per heavy atom. The number of rotatable bonds is 3. The number of hydrogen-bond donors (Lipinski definition) is 1. The van der Waals surface area contributed by atoms with E-state index in [9.17, 15) is 14.7 Å². The first-order chi connectivity index (χ1) is 14.2. The number of likely N-dealkylation sites (tertiary alicyclic amines) is 1. The average Bonchev–Trinajstić information content (AvgIpc) is 3.11. The Bertz CT molecular complexity index is 1030. The van der Waals surface area contributed by atoms with E-state index in [1.807, 2.05) is 32.9 Å². The van der Waals surface area contributed by atoms with Crippen molar-refractivity contribution < 1.29 is 14.6 Å². The first kappa shape index (κ1) is 20.6. The zero-order valence-electron chi connectivity index (χ0n) is 18.0. The van der Waals surface area contributed by atoms with Crippen molar-refractivity contribution in [2.45, 2.75) is 45.8 Å². The quantitative estimate of drug-likeness (QED) is 0.835. The topological polar surface area (TPSA) is 84.7 Å². The molecule has 4 rings (SSSR count). The summed E-state index contributed by atoms with van der Waals surface area (Å²) in [5.74, 6) is 0.929. The molecule has 0 bridgehead atoms. The van der Waals surface area contributed by atoms with Gasteiger partial charge in [0.1, 0.15) is 17.4 Å². The van der Waals surface area contributed by atoms with E-state index in [1.54, 1.807) is 24.1 Å². The van der Waals surface area contributed by atoms with Crippen molar-refractivity contribution in [3.05, 3.63) is 57.3 Å². The molecule has 1 amide bonds. The van der Waals surface area contributed by atoms with Crippen LogP contribution in [-0.4, -0.2) is 50.8 Å². The van der Waals surface area contributed by atoms with Crippen LogP contribution in [0.2, 0.25) is 0 Å². The Morgan fingerprint density at radius 1 is 1.10 bits per heavy atom. The number of carbonyl (C=O) groups excluding carboxylic acids is 1. The van der Waals surface area contributed by atoms with Gasteiger partial charge in [0, 0.05) is 31.5 Å². The zero-order chi connectivity index (χ0) is 21.6. The van der Waals surface area contributed by atoms with Crippen LogP contribution in [0.4, 0.5) is 0 Å². The number of aromatic nitrogens is 2. The van der Waals surface area contributed by atoms with Gasteiger partial charge >= 0.3 is 0 Å². The molecule has 7 heteroatoms. The highest BCUT2D eigenvalue weighted by molar-refractivity contribution is 5.94. The molecule has 2 aromatic heterocycles. The minimum absolute atomic E-state index is 0.205. The maximum Gasteiger partial charge on any atom is 0.263 e. The fraction of sp³-hybridized carbons (Fsp3) is 0.522. The molecule has 2 aliphatic rings. The Hall–Kier alpha value is -2.67. The number of nitrogens with zero attached hydrogens (tertiary/aromatic N) is 3. The standard InChI is InChI=1S/C23H29N3O4/c1-13-5-8-20(15(3)24-13)30-21-10-17-12-26(11-16(17)9-19(21)27)23(29)18-7-6-14(2)25(4)22(18)28/h5-8,16-17,19,21,27H,9-12H2,1-4H3/t16-,17+,19+,21+/m0/s1. The van der Waals surface area contributed by atoms with Gasteiger partial charge in [0.05, 0.1) is 11.8 Å². The van der Waals surface area contributed by atoms with Crippen LogP contribution in [0.15, 0.2) is 29.1 Å². The van der Waals surface area contributed by atoms with E-state index in [4.69, 9.17) is 4.74 Å². The molecular formula is C23H29N3O4. The zero-order valence-corrected chi connectivity index (χ0v) is 18.0. The summed E-state index contributed by atoms with van der Waals surface area (Å²) in [7, 11) is 1.68. The molecule has 3 heterocycles. The third kappa shape index (κ3) is 3.74. The molecule has 1 saturated heterocycles. The molecule has 1 saturated carbocycles. The first-order valence-corrected chi connectivity index (χ1v) is 10.5. The van der Waals surface area contributed by atoms with Gasteiger partial charge in [-0.2, -0.15) is 0 Å². The molecule has 7 nitrogen and oxygen atoms in total. The van der Waals surface area contributed by atoms with Crippen molar-refractivity contribution in [3.8, 4) is 5.75 Å². The monoisotopic (exact) mass is 411 g/mol.